The molecule has 2 heterocycles. The quantitative estimate of drug-likeness (QED) is 0.856. The highest BCUT2D eigenvalue weighted by molar-refractivity contribution is 5.97. The standard InChI is InChI=1S/C16H28N2O3/c1-5-6-12-14(19)17-13(16(2,3)4)15(20)18(12)9-11-7-8-21-10-11/h11-13H,5-10H2,1-4H3,(H,17,19). The van der Waals surface area contributed by atoms with Crippen molar-refractivity contribution >= 4 is 11.8 Å². The maximum atomic E-state index is 12.9. The third kappa shape index (κ3) is 3.57. The van der Waals surface area contributed by atoms with E-state index in [9.17, 15) is 9.59 Å². The van der Waals surface area contributed by atoms with Crippen LogP contribution in [0.15, 0.2) is 0 Å². The number of carbonyl (C=O) groups is 2. The molecule has 2 aliphatic heterocycles. The van der Waals surface area contributed by atoms with E-state index in [0.29, 0.717) is 19.1 Å². The first-order valence-corrected chi connectivity index (χ1v) is 8.03. The molecule has 0 spiro atoms. The van der Waals surface area contributed by atoms with Crippen LogP contribution in [0.1, 0.15) is 47.0 Å². The maximum Gasteiger partial charge on any atom is 0.246 e. The number of hydrogen-bond donors (Lipinski definition) is 1. The molecule has 21 heavy (non-hydrogen) atoms. The van der Waals surface area contributed by atoms with Crippen LogP contribution in [0.4, 0.5) is 0 Å². The smallest absolute Gasteiger partial charge is 0.246 e. The molecule has 120 valence electrons. The predicted octanol–water partition coefficient (Wildman–Crippen LogP) is 1.56. The first kappa shape index (κ1) is 16.3. The molecule has 0 aliphatic carbocycles. The molecule has 2 saturated heterocycles. The van der Waals surface area contributed by atoms with Crippen LogP contribution < -0.4 is 5.32 Å². The fourth-order valence-electron chi connectivity index (χ4n) is 3.13. The number of nitrogens with zero attached hydrogens (tertiary/aromatic N) is 1. The summed E-state index contributed by atoms with van der Waals surface area (Å²) in [5.41, 5.74) is -0.269. The molecular weight excluding hydrogens is 268 g/mol. The minimum absolute atomic E-state index is 0.00436. The van der Waals surface area contributed by atoms with Crippen LogP contribution in [-0.2, 0) is 14.3 Å². The molecule has 0 aromatic rings. The molecule has 0 radical (unpaired) electrons. The second kappa shape index (κ2) is 6.34. The summed E-state index contributed by atoms with van der Waals surface area (Å²) in [6, 6.07) is -0.748. The van der Waals surface area contributed by atoms with E-state index in [1.165, 1.54) is 0 Å². The summed E-state index contributed by atoms with van der Waals surface area (Å²) in [5.74, 6) is 0.419. The number of rotatable bonds is 4. The summed E-state index contributed by atoms with van der Waals surface area (Å²) in [7, 11) is 0. The van der Waals surface area contributed by atoms with Crippen molar-refractivity contribution in [3.63, 3.8) is 0 Å². The Kier molecular flexibility index (Phi) is 4.91. The SMILES string of the molecule is CCCC1C(=O)NC(C(C)(C)C)C(=O)N1CC1CCOC1. The van der Waals surface area contributed by atoms with E-state index < -0.39 is 6.04 Å². The molecule has 5 nitrogen and oxygen atoms in total. The van der Waals surface area contributed by atoms with Crippen molar-refractivity contribution in [1.82, 2.24) is 10.2 Å². The first-order chi connectivity index (χ1) is 9.84. The van der Waals surface area contributed by atoms with Crippen molar-refractivity contribution in [1.29, 1.82) is 0 Å². The summed E-state index contributed by atoms with van der Waals surface area (Å²) < 4.78 is 5.41. The van der Waals surface area contributed by atoms with Crippen LogP contribution in [0.5, 0.6) is 0 Å². The lowest BCUT2D eigenvalue weighted by Crippen LogP contribution is -2.67. The Labute approximate surface area is 127 Å². The fraction of sp³-hybridized carbons (Fsp3) is 0.875. The molecule has 2 fully saturated rings. The maximum absolute atomic E-state index is 12.9. The highest BCUT2D eigenvalue weighted by atomic mass is 16.5. The summed E-state index contributed by atoms with van der Waals surface area (Å²) >= 11 is 0. The van der Waals surface area contributed by atoms with Crippen LogP contribution in [0.25, 0.3) is 0 Å². The Bertz CT molecular complexity index is 397. The average molecular weight is 296 g/mol. The van der Waals surface area contributed by atoms with Crippen LogP contribution in [-0.4, -0.2) is 48.6 Å². The molecule has 2 aliphatic rings. The van der Waals surface area contributed by atoms with E-state index in [1.54, 1.807) is 0 Å². The average Bonchev–Trinajstić information content (AvgIpc) is 2.89. The van der Waals surface area contributed by atoms with E-state index in [4.69, 9.17) is 4.74 Å². The molecule has 0 saturated carbocycles. The van der Waals surface area contributed by atoms with Crippen LogP contribution in [0, 0.1) is 11.3 Å². The van der Waals surface area contributed by atoms with Gasteiger partial charge >= 0.3 is 0 Å². The van der Waals surface area contributed by atoms with Crippen molar-refractivity contribution < 1.29 is 14.3 Å². The van der Waals surface area contributed by atoms with Gasteiger partial charge in [-0.2, -0.15) is 0 Å². The van der Waals surface area contributed by atoms with Gasteiger partial charge in [0.25, 0.3) is 0 Å². The van der Waals surface area contributed by atoms with Crippen molar-refractivity contribution in [2.75, 3.05) is 19.8 Å². The number of piperazine rings is 1. The molecule has 3 atom stereocenters. The molecule has 0 aromatic heterocycles. The summed E-state index contributed by atoms with van der Waals surface area (Å²) in [5, 5.41) is 2.93. The zero-order valence-corrected chi connectivity index (χ0v) is 13.6. The van der Waals surface area contributed by atoms with Gasteiger partial charge in [0.1, 0.15) is 12.1 Å². The minimum Gasteiger partial charge on any atom is -0.381 e. The second-order valence-corrected chi connectivity index (χ2v) is 7.33. The van der Waals surface area contributed by atoms with Gasteiger partial charge in [-0.3, -0.25) is 9.59 Å². The van der Waals surface area contributed by atoms with Gasteiger partial charge in [-0.05, 0) is 18.3 Å². The Morgan fingerprint density at radius 2 is 2.05 bits per heavy atom. The van der Waals surface area contributed by atoms with Gasteiger partial charge in [-0.15, -0.1) is 0 Å². The summed E-state index contributed by atoms with van der Waals surface area (Å²) in [4.78, 5) is 27.1. The second-order valence-electron chi connectivity index (χ2n) is 7.33. The molecule has 0 bridgehead atoms. The predicted molar refractivity (Wildman–Crippen MR) is 80.7 cm³/mol. The molecule has 1 N–H and O–H groups in total. The van der Waals surface area contributed by atoms with Crippen LogP contribution in [0.3, 0.4) is 0 Å². The van der Waals surface area contributed by atoms with E-state index in [-0.39, 0.29) is 23.3 Å². The Morgan fingerprint density at radius 1 is 1.33 bits per heavy atom. The van der Waals surface area contributed by atoms with Crippen LogP contribution in [0.2, 0.25) is 0 Å². The summed E-state index contributed by atoms with van der Waals surface area (Å²) in [6.07, 6.45) is 2.59. The van der Waals surface area contributed by atoms with Crippen molar-refractivity contribution in [2.45, 2.75) is 59.0 Å². The molecule has 2 amide bonds. The van der Waals surface area contributed by atoms with E-state index in [1.807, 2.05) is 32.6 Å². The van der Waals surface area contributed by atoms with E-state index >= 15 is 0 Å². The van der Waals surface area contributed by atoms with Crippen molar-refractivity contribution in [3.8, 4) is 0 Å². The zero-order valence-electron chi connectivity index (χ0n) is 13.6. The largest absolute Gasteiger partial charge is 0.381 e. The van der Waals surface area contributed by atoms with Gasteiger partial charge in [0.05, 0.1) is 6.61 Å². The molecule has 2 rings (SSSR count). The lowest BCUT2D eigenvalue weighted by molar-refractivity contribution is -0.153. The van der Waals surface area contributed by atoms with E-state index in [2.05, 4.69) is 5.32 Å². The number of amides is 2. The molecule has 3 unspecified atom stereocenters. The Morgan fingerprint density at radius 3 is 2.57 bits per heavy atom. The highest BCUT2D eigenvalue weighted by Gasteiger charge is 2.45. The normalized spacial score (nSPS) is 30.7. The zero-order chi connectivity index (χ0) is 15.6. The van der Waals surface area contributed by atoms with Gasteiger partial charge in [0.2, 0.25) is 11.8 Å². The number of carbonyl (C=O) groups excluding carboxylic acids is 2. The van der Waals surface area contributed by atoms with Crippen molar-refractivity contribution in [3.05, 3.63) is 0 Å². The Hall–Kier alpha value is -1.10. The Balaban J connectivity index is 2.19. The molecular formula is C16H28N2O3. The third-order valence-electron chi connectivity index (χ3n) is 4.40. The molecule has 5 heteroatoms. The van der Waals surface area contributed by atoms with Gasteiger partial charge in [0.15, 0.2) is 0 Å². The fourth-order valence-corrected chi connectivity index (χ4v) is 3.13. The molecule has 0 aromatic carbocycles. The minimum atomic E-state index is -0.430. The summed E-state index contributed by atoms with van der Waals surface area (Å²) in [6.45, 7) is 10.1. The monoisotopic (exact) mass is 296 g/mol. The lowest BCUT2D eigenvalue weighted by Gasteiger charge is -2.44. The van der Waals surface area contributed by atoms with Crippen LogP contribution >= 0.6 is 0 Å². The van der Waals surface area contributed by atoms with Gasteiger partial charge < -0.3 is 15.0 Å². The topological polar surface area (TPSA) is 58.6 Å². The van der Waals surface area contributed by atoms with E-state index in [0.717, 1.165) is 25.9 Å². The van der Waals surface area contributed by atoms with Gasteiger partial charge in [0, 0.05) is 19.1 Å². The number of hydrogen-bond acceptors (Lipinski definition) is 3. The lowest BCUT2D eigenvalue weighted by atomic mass is 9.83. The first-order valence-electron chi connectivity index (χ1n) is 8.03. The third-order valence-corrected chi connectivity index (χ3v) is 4.40. The van der Waals surface area contributed by atoms with Gasteiger partial charge in [-0.25, -0.2) is 0 Å². The number of nitrogens with one attached hydrogen (secondary N) is 1. The number of ether oxygens (including phenoxy) is 1. The highest BCUT2D eigenvalue weighted by Crippen LogP contribution is 2.28. The van der Waals surface area contributed by atoms with Crippen molar-refractivity contribution in [2.24, 2.45) is 11.3 Å². The van der Waals surface area contributed by atoms with Gasteiger partial charge in [-0.1, -0.05) is 34.1 Å².